The molecule has 0 bridgehead atoms. The van der Waals surface area contributed by atoms with Gasteiger partial charge in [0.1, 0.15) is 0 Å². The molecule has 2 nitrogen and oxygen atoms in total. The number of benzene rings is 1. The van der Waals surface area contributed by atoms with E-state index in [9.17, 15) is 0 Å². The number of hydrogen-bond donors (Lipinski definition) is 1. The van der Waals surface area contributed by atoms with Crippen molar-refractivity contribution >= 4 is 0 Å². The molecule has 0 amide bonds. The summed E-state index contributed by atoms with van der Waals surface area (Å²) >= 11 is 0. The van der Waals surface area contributed by atoms with Crippen molar-refractivity contribution in [2.24, 2.45) is 0 Å². The molecule has 0 spiro atoms. The van der Waals surface area contributed by atoms with Crippen LogP contribution in [0.15, 0.2) is 24.3 Å². The van der Waals surface area contributed by atoms with Gasteiger partial charge in [0.25, 0.3) is 0 Å². The molecule has 0 radical (unpaired) electrons. The zero-order valence-corrected chi connectivity index (χ0v) is 13.5. The molecular weight excluding hydrogens is 244 g/mol. The van der Waals surface area contributed by atoms with Gasteiger partial charge in [-0.15, -0.1) is 0 Å². The Morgan fingerprint density at radius 1 is 1.20 bits per heavy atom. The van der Waals surface area contributed by atoms with E-state index in [0.717, 1.165) is 6.54 Å². The van der Waals surface area contributed by atoms with Crippen LogP contribution in [0.1, 0.15) is 57.2 Å². The third-order valence-electron chi connectivity index (χ3n) is 4.86. The zero-order chi connectivity index (χ0) is 14.5. The molecule has 2 atom stereocenters. The van der Waals surface area contributed by atoms with Gasteiger partial charge in [-0.2, -0.15) is 0 Å². The highest BCUT2D eigenvalue weighted by Crippen LogP contribution is 2.35. The Kier molecular flexibility index (Phi) is 5.62. The Morgan fingerprint density at radius 3 is 2.55 bits per heavy atom. The number of fused-ring (bicyclic) bond motifs is 1. The lowest BCUT2D eigenvalue weighted by molar-refractivity contribution is 0.138. The third kappa shape index (κ3) is 3.07. The fourth-order valence-corrected chi connectivity index (χ4v) is 3.63. The summed E-state index contributed by atoms with van der Waals surface area (Å²) in [5.41, 5.74) is 3.05. The fraction of sp³-hybridized carbons (Fsp3) is 0.667. The maximum Gasteiger partial charge on any atom is 0.0484 e. The third-order valence-corrected chi connectivity index (χ3v) is 4.86. The standard InChI is InChI=1S/C18H30N2/c1-5-12-19-18-16-11-9-8-10-14(16)13-17(18)20(4)15(6-2)7-3/h8-11,15,17-19H,5-7,12-13H2,1-4H3. The van der Waals surface area contributed by atoms with Gasteiger partial charge in [-0.1, -0.05) is 45.0 Å². The van der Waals surface area contributed by atoms with Gasteiger partial charge in [-0.25, -0.2) is 0 Å². The Balaban J connectivity index is 2.20. The molecule has 0 heterocycles. The first-order valence-corrected chi connectivity index (χ1v) is 8.25. The summed E-state index contributed by atoms with van der Waals surface area (Å²) in [7, 11) is 2.31. The molecule has 2 heteroatoms. The normalized spacial score (nSPS) is 21.7. The zero-order valence-electron chi connectivity index (χ0n) is 13.5. The van der Waals surface area contributed by atoms with E-state index in [1.807, 2.05) is 0 Å². The van der Waals surface area contributed by atoms with Crippen LogP contribution >= 0.6 is 0 Å². The number of likely N-dealkylation sites (N-methyl/N-ethyl adjacent to an activating group) is 1. The van der Waals surface area contributed by atoms with Crippen molar-refractivity contribution in [2.75, 3.05) is 13.6 Å². The van der Waals surface area contributed by atoms with Crippen molar-refractivity contribution in [3.63, 3.8) is 0 Å². The number of nitrogens with zero attached hydrogens (tertiary/aromatic N) is 1. The van der Waals surface area contributed by atoms with E-state index in [1.54, 1.807) is 0 Å². The van der Waals surface area contributed by atoms with Gasteiger partial charge < -0.3 is 5.32 Å². The molecule has 20 heavy (non-hydrogen) atoms. The highest BCUT2D eigenvalue weighted by molar-refractivity contribution is 5.37. The molecule has 0 saturated heterocycles. The minimum atomic E-state index is 0.497. The number of nitrogens with one attached hydrogen (secondary N) is 1. The molecule has 112 valence electrons. The second-order valence-corrected chi connectivity index (χ2v) is 6.04. The minimum absolute atomic E-state index is 0.497. The lowest BCUT2D eigenvalue weighted by Crippen LogP contribution is -2.45. The highest BCUT2D eigenvalue weighted by Gasteiger charge is 2.35. The van der Waals surface area contributed by atoms with Crippen LogP contribution in [-0.2, 0) is 6.42 Å². The van der Waals surface area contributed by atoms with Crippen LogP contribution in [0.2, 0.25) is 0 Å². The SMILES string of the molecule is CCCNC1c2ccccc2CC1N(C)C(CC)CC. The van der Waals surface area contributed by atoms with Crippen LogP contribution in [0.4, 0.5) is 0 Å². The van der Waals surface area contributed by atoms with Crippen LogP contribution in [0, 0.1) is 0 Å². The molecule has 1 N–H and O–H groups in total. The molecule has 2 rings (SSSR count). The van der Waals surface area contributed by atoms with E-state index in [-0.39, 0.29) is 0 Å². The van der Waals surface area contributed by atoms with Gasteiger partial charge in [0.15, 0.2) is 0 Å². The van der Waals surface area contributed by atoms with Crippen LogP contribution in [0.5, 0.6) is 0 Å². The lowest BCUT2D eigenvalue weighted by atomic mass is 10.0. The van der Waals surface area contributed by atoms with Crippen molar-refractivity contribution in [1.82, 2.24) is 10.2 Å². The Bertz CT molecular complexity index is 412. The molecule has 0 fully saturated rings. The molecule has 1 aliphatic rings. The smallest absolute Gasteiger partial charge is 0.0484 e. The molecule has 0 aromatic heterocycles. The van der Waals surface area contributed by atoms with E-state index in [2.05, 4.69) is 62.3 Å². The van der Waals surface area contributed by atoms with Crippen molar-refractivity contribution in [2.45, 2.75) is 64.6 Å². The topological polar surface area (TPSA) is 15.3 Å². The lowest BCUT2D eigenvalue weighted by Gasteiger charge is -2.36. The van der Waals surface area contributed by atoms with E-state index >= 15 is 0 Å². The van der Waals surface area contributed by atoms with Gasteiger partial charge in [-0.3, -0.25) is 4.90 Å². The van der Waals surface area contributed by atoms with Crippen LogP contribution in [0.25, 0.3) is 0 Å². The Morgan fingerprint density at radius 2 is 1.90 bits per heavy atom. The summed E-state index contributed by atoms with van der Waals surface area (Å²) in [5, 5.41) is 3.78. The fourth-order valence-electron chi connectivity index (χ4n) is 3.63. The van der Waals surface area contributed by atoms with Crippen molar-refractivity contribution in [1.29, 1.82) is 0 Å². The number of hydrogen-bond acceptors (Lipinski definition) is 2. The average Bonchev–Trinajstić information content (AvgIpc) is 2.85. The summed E-state index contributed by atoms with van der Waals surface area (Å²) in [4.78, 5) is 2.62. The second kappa shape index (κ2) is 7.24. The van der Waals surface area contributed by atoms with E-state index in [4.69, 9.17) is 0 Å². The van der Waals surface area contributed by atoms with Crippen LogP contribution < -0.4 is 5.32 Å². The van der Waals surface area contributed by atoms with Gasteiger partial charge in [0, 0.05) is 18.1 Å². The summed E-state index contributed by atoms with van der Waals surface area (Å²) in [5.74, 6) is 0. The van der Waals surface area contributed by atoms with Crippen molar-refractivity contribution < 1.29 is 0 Å². The maximum atomic E-state index is 3.78. The highest BCUT2D eigenvalue weighted by atomic mass is 15.2. The molecule has 0 saturated carbocycles. The summed E-state index contributed by atoms with van der Waals surface area (Å²) in [6.07, 6.45) is 4.85. The first-order chi connectivity index (χ1) is 9.72. The monoisotopic (exact) mass is 274 g/mol. The van der Waals surface area contributed by atoms with Gasteiger partial charge in [0.05, 0.1) is 0 Å². The molecular formula is C18H30N2. The first-order valence-electron chi connectivity index (χ1n) is 8.25. The molecule has 2 unspecified atom stereocenters. The minimum Gasteiger partial charge on any atom is -0.309 e. The average molecular weight is 274 g/mol. The van der Waals surface area contributed by atoms with Gasteiger partial charge in [-0.05, 0) is 50.4 Å². The molecule has 1 aromatic rings. The van der Waals surface area contributed by atoms with Gasteiger partial charge >= 0.3 is 0 Å². The maximum absolute atomic E-state index is 3.78. The van der Waals surface area contributed by atoms with E-state index < -0.39 is 0 Å². The largest absolute Gasteiger partial charge is 0.309 e. The predicted octanol–water partition coefficient (Wildman–Crippen LogP) is 3.77. The first kappa shape index (κ1) is 15.5. The van der Waals surface area contributed by atoms with Crippen molar-refractivity contribution in [3.8, 4) is 0 Å². The summed E-state index contributed by atoms with van der Waals surface area (Å²) < 4.78 is 0. The molecule has 0 aliphatic heterocycles. The Hall–Kier alpha value is -0.860. The predicted molar refractivity (Wildman–Crippen MR) is 87.1 cm³/mol. The quantitative estimate of drug-likeness (QED) is 0.814. The number of rotatable bonds is 7. The van der Waals surface area contributed by atoms with Crippen LogP contribution in [0.3, 0.4) is 0 Å². The Labute approximate surface area is 124 Å². The van der Waals surface area contributed by atoms with Crippen LogP contribution in [-0.4, -0.2) is 30.6 Å². The van der Waals surface area contributed by atoms with E-state index in [0.29, 0.717) is 18.1 Å². The van der Waals surface area contributed by atoms with Crippen molar-refractivity contribution in [3.05, 3.63) is 35.4 Å². The molecule has 1 aliphatic carbocycles. The molecule has 1 aromatic carbocycles. The summed E-state index contributed by atoms with van der Waals surface area (Å²) in [6.45, 7) is 7.96. The van der Waals surface area contributed by atoms with Gasteiger partial charge in [0.2, 0.25) is 0 Å². The van der Waals surface area contributed by atoms with E-state index in [1.165, 1.54) is 36.8 Å². The summed E-state index contributed by atoms with van der Waals surface area (Å²) in [6, 6.07) is 10.8. The second-order valence-electron chi connectivity index (χ2n) is 6.04.